The van der Waals surface area contributed by atoms with Gasteiger partial charge in [-0.3, -0.25) is 19.4 Å². The molecular weight excluding hydrogens is 459 g/mol. The second-order valence-corrected chi connectivity index (χ2v) is 8.85. The zero-order chi connectivity index (χ0) is 25.4. The van der Waals surface area contributed by atoms with E-state index in [-0.39, 0.29) is 17.2 Å². The lowest BCUT2D eigenvalue weighted by atomic mass is 9.99. The maximum absolute atomic E-state index is 14.4. The molecule has 0 saturated heterocycles. The summed E-state index contributed by atoms with van der Waals surface area (Å²) in [7, 11) is 1.79. The number of nitrogens with zero attached hydrogens (tertiary/aromatic N) is 6. The monoisotopic (exact) mass is 482 g/mol. The van der Waals surface area contributed by atoms with Crippen molar-refractivity contribution in [2.75, 3.05) is 5.73 Å². The smallest absolute Gasteiger partial charge is 0.274 e. The number of carbonyl (C=O) groups excluding carboxylic acids is 1. The van der Waals surface area contributed by atoms with Crippen LogP contribution in [0.15, 0.2) is 67.1 Å². The van der Waals surface area contributed by atoms with Crippen molar-refractivity contribution >= 4 is 22.6 Å². The van der Waals surface area contributed by atoms with Gasteiger partial charge in [-0.25, -0.2) is 14.4 Å². The van der Waals surface area contributed by atoms with Crippen molar-refractivity contribution in [1.82, 2.24) is 35.0 Å². The highest BCUT2D eigenvalue weighted by Gasteiger charge is 2.30. The van der Waals surface area contributed by atoms with Gasteiger partial charge in [0.15, 0.2) is 11.5 Å². The number of rotatable bonds is 5. The van der Waals surface area contributed by atoms with E-state index >= 15 is 0 Å². The number of amides is 1. The fourth-order valence-corrected chi connectivity index (χ4v) is 4.01. The minimum atomic E-state index is -1.13. The first-order chi connectivity index (χ1) is 17.2. The lowest BCUT2D eigenvalue weighted by Crippen LogP contribution is -2.43. The molecule has 1 aromatic carbocycles. The number of fused-ring (bicyclic) bond motifs is 1. The van der Waals surface area contributed by atoms with Gasteiger partial charge in [-0.2, -0.15) is 5.10 Å². The summed E-state index contributed by atoms with van der Waals surface area (Å²) in [5.41, 5.74) is 8.06. The number of carbonyl (C=O) groups is 1. The number of anilines is 1. The molecule has 4 heterocycles. The molecule has 4 aromatic heterocycles. The van der Waals surface area contributed by atoms with E-state index in [9.17, 15) is 9.18 Å². The third kappa shape index (κ3) is 4.24. The summed E-state index contributed by atoms with van der Waals surface area (Å²) in [6.07, 6.45) is 4.97. The molecule has 0 atom stereocenters. The quantitative estimate of drug-likeness (QED) is 0.390. The first kappa shape index (κ1) is 23.0. The molecule has 0 aliphatic rings. The number of aromatic nitrogens is 6. The van der Waals surface area contributed by atoms with Gasteiger partial charge in [0.2, 0.25) is 0 Å². The first-order valence-electron chi connectivity index (χ1n) is 11.2. The maximum atomic E-state index is 14.4. The van der Waals surface area contributed by atoms with E-state index in [2.05, 4.69) is 30.4 Å². The van der Waals surface area contributed by atoms with Gasteiger partial charge in [-0.15, -0.1) is 0 Å². The molecule has 5 rings (SSSR count). The molecule has 1 amide bonds. The Morgan fingerprint density at radius 2 is 1.81 bits per heavy atom. The standard InChI is InChI=1S/C26H23FN8O/c1-26(2,23-17(27)7-5-12-30-23)33-25(36)22-24(28)32-21(19-10-13-35(3)34-19)20(31-22)16-8-9-18-15(14-16)6-4-11-29-18/h4-14H,1-3H3,(H2,28,32)(H,33,36). The summed E-state index contributed by atoms with van der Waals surface area (Å²) >= 11 is 0. The van der Waals surface area contributed by atoms with Crippen molar-refractivity contribution in [3.8, 4) is 22.6 Å². The Labute approximate surface area is 206 Å². The van der Waals surface area contributed by atoms with E-state index < -0.39 is 17.3 Å². The summed E-state index contributed by atoms with van der Waals surface area (Å²) in [5.74, 6) is -1.21. The summed E-state index contributed by atoms with van der Waals surface area (Å²) in [4.78, 5) is 31.0. The second kappa shape index (κ2) is 8.81. The lowest BCUT2D eigenvalue weighted by Gasteiger charge is -2.26. The Balaban J connectivity index is 1.62. The molecule has 0 aliphatic heterocycles. The predicted octanol–water partition coefficient (Wildman–Crippen LogP) is 3.87. The van der Waals surface area contributed by atoms with Gasteiger partial charge in [-0.05, 0) is 50.2 Å². The number of benzene rings is 1. The third-order valence-corrected chi connectivity index (χ3v) is 5.75. The minimum absolute atomic E-state index is 0.0725. The Morgan fingerprint density at radius 3 is 2.56 bits per heavy atom. The van der Waals surface area contributed by atoms with E-state index in [4.69, 9.17) is 5.73 Å². The van der Waals surface area contributed by atoms with Gasteiger partial charge in [0, 0.05) is 36.6 Å². The summed E-state index contributed by atoms with van der Waals surface area (Å²) < 4.78 is 16.0. The second-order valence-electron chi connectivity index (χ2n) is 8.85. The number of hydrogen-bond acceptors (Lipinski definition) is 7. The van der Waals surface area contributed by atoms with Crippen LogP contribution in [-0.2, 0) is 12.6 Å². The van der Waals surface area contributed by atoms with Crippen LogP contribution in [0.4, 0.5) is 10.2 Å². The fourth-order valence-electron chi connectivity index (χ4n) is 4.01. The largest absolute Gasteiger partial charge is 0.382 e. The third-order valence-electron chi connectivity index (χ3n) is 5.75. The van der Waals surface area contributed by atoms with Crippen LogP contribution in [0.5, 0.6) is 0 Å². The van der Waals surface area contributed by atoms with Crippen molar-refractivity contribution < 1.29 is 9.18 Å². The van der Waals surface area contributed by atoms with Crippen LogP contribution in [0.2, 0.25) is 0 Å². The van der Waals surface area contributed by atoms with Crippen LogP contribution in [-0.4, -0.2) is 35.6 Å². The number of hydrogen-bond donors (Lipinski definition) is 2. The summed E-state index contributed by atoms with van der Waals surface area (Å²) in [5, 5.41) is 8.14. The molecule has 180 valence electrons. The average molecular weight is 483 g/mol. The average Bonchev–Trinajstić information content (AvgIpc) is 3.29. The fraction of sp³-hybridized carbons (Fsp3) is 0.154. The number of aryl methyl sites for hydroxylation is 1. The topological polar surface area (TPSA) is 124 Å². The number of pyridine rings is 2. The summed E-state index contributed by atoms with van der Waals surface area (Å²) in [6, 6.07) is 14.0. The van der Waals surface area contributed by atoms with E-state index in [1.807, 2.05) is 30.3 Å². The van der Waals surface area contributed by atoms with Crippen molar-refractivity contribution in [3.63, 3.8) is 0 Å². The van der Waals surface area contributed by atoms with Crippen molar-refractivity contribution in [3.05, 3.63) is 84.3 Å². The van der Waals surface area contributed by atoms with E-state index in [1.165, 1.54) is 18.3 Å². The molecular formula is C26H23FN8O. The Hall–Kier alpha value is -4.73. The van der Waals surface area contributed by atoms with Crippen LogP contribution < -0.4 is 11.1 Å². The molecule has 36 heavy (non-hydrogen) atoms. The highest BCUT2D eigenvalue weighted by atomic mass is 19.1. The van der Waals surface area contributed by atoms with Gasteiger partial charge in [0.05, 0.1) is 16.7 Å². The normalized spacial score (nSPS) is 11.6. The predicted molar refractivity (Wildman–Crippen MR) is 134 cm³/mol. The molecule has 5 aromatic rings. The number of nitrogen functional groups attached to an aromatic ring is 1. The Morgan fingerprint density at radius 1 is 1.03 bits per heavy atom. The van der Waals surface area contributed by atoms with E-state index in [0.29, 0.717) is 22.6 Å². The van der Waals surface area contributed by atoms with Crippen LogP contribution in [0.1, 0.15) is 30.0 Å². The highest BCUT2D eigenvalue weighted by Crippen LogP contribution is 2.32. The molecule has 0 fully saturated rings. The molecule has 0 bridgehead atoms. The van der Waals surface area contributed by atoms with Crippen LogP contribution in [0, 0.1) is 5.82 Å². The Bertz CT molecular complexity index is 1610. The van der Waals surface area contributed by atoms with Crippen LogP contribution in [0.3, 0.4) is 0 Å². The maximum Gasteiger partial charge on any atom is 0.274 e. The lowest BCUT2D eigenvalue weighted by molar-refractivity contribution is 0.0904. The molecule has 0 aliphatic carbocycles. The molecule has 0 spiro atoms. The zero-order valence-electron chi connectivity index (χ0n) is 19.9. The van der Waals surface area contributed by atoms with Crippen LogP contribution in [0.25, 0.3) is 33.5 Å². The number of nitrogens with one attached hydrogen (secondary N) is 1. The molecule has 3 N–H and O–H groups in total. The molecule has 9 nitrogen and oxygen atoms in total. The molecule has 0 unspecified atom stereocenters. The zero-order valence-corrected chi connectivity index (χ0v) is 19.9. The van der Waals surface area contributed by atoms with Gasteiger partial charge >= 0.3 is 0 Å². The van der Waals surface area contributed by atoms with E-state index in [0.717, 1.165) is 10.9 Å². The van der Waals surface area contributed by atoms with Crippen molar-refractivity contribution in [2.45, 2.75) is 19.4 Å². The number of halogens is 1. The minimum Gasteiger partial charge on any atom is -0.382 e. The van der Waals surface area contributed by atoms with Crippen molar-refractivity contribution in [2.24, 2.45) is 7.05 Å². The van der Waals surface area contributed by atoms with Gasteiger partial charge in [-0.1, -0.05) is 12.1 Å². The SMILES string of the molecule is Cn1ccc(-c2nc(N)c(C(=O)NC(C)(C)c3ncccc3F)nc2-c2ccc3ncccc3c2)n1. The molecule has 0 saturated carbocycles. The number of nitrogens with two attached hydrogens (primary N) is 1. The van der Waals surface area contributed by atoms with Gasteiger partial charge < -0.3 is 11.1 Å². The molecule has 0 radical (unpaired) electrons. The van der Waals surface area contributed by atoms with Crippen LogP contribution >= 0.6 is 0 Å². The highest BCUT2D eigenvalue weighted by molar-refractivity contribution is 5.98. The van der Waals surface area contributed by atoms with Gasteiger partial charge in [0.25, 0.3) is 5.91 Å². The van der Waals surface area contributed by atoms with Gasteiger partial charge in [0.1, 0.15) is 22.9 Å². The Kier molecular flexibility index (Phi) is 5.63. The summed E-state index contributed by atoms with van der Waals surface area (Å²) in [6.45, 7) is 3.30. The molecule has 10 heteroatoms. The van der Waals surface area contributed by atoms with Crippen molar-refractivity contribution in [1.29, 1.82) is 0 Å². The first-order valence-corrected chi connectivity index (χ1v) is 11.2. The van der Waals surface area contributed by atoms with E-state index in [1.54, 1.807) is 44.0 Å².